The fraction of sp³-hybridized carbons (Fsp3) is 0.111. The smallest absolute Gasteiger partial charge is 0.116 e. The lowest BCUT2D eigenvalue weighted by molar-refractivity contribution is 0.880. The zero-order valence-electron chi connectivity index (χ0n) is 6.31. The van der Waals surface area contributed by atoms with E-state index < -0.39 is 0 Å². The van der Waals surface area contributed by atoms with Crippen LogP contribution in [-0.2, 0) is 0 Å². The van der Waals surface area contributed by atoms with Crippen LogP contribution < -0.4 is 0 Å². The number of hydrogen-bond donors (Lipinski definition) is 0. The SMILES string of the molecule is Brc1cccc(C2C=CN=N2)c1. The van der Waals surface area contributed by atoms with Gasteiger partial charge in [-0.2, -0.15) is 10.2 Å². The van der Waals surface area contributed by atoms with Crippen LogP contribution in [0.3, 0.4) is 0 Å². The maximum Gasteiger partial charge on any atom is 0.116 e. The third-order valence-corrected chi connectivity index (χ3v) is 2.21. The van der Waals surface area contributed by atoms with Gasteiger partial charge in [-0.25, -0.2) is 0 Å². The van der Waals surface area contributed by atoms with E-state index in [4.69, 9.17) is 0 Å². The van der Waals surface area contributed by atoms with Crippen LogP contribution >= 0.6 is 15.9 Å². The molecule has 0 N–H and O–H groups in total. The van der Waals surface area contributed by atoms with Gasteiger partial charge in [0.15, 0.2) is 0 Å². The highest BCUT2D eigenvalue weighted by molar-refractivity contribution is 9.10. The van der Waals surface area contributed by atoms with Crippen LogP contribution in [-0.4, -0.2) is 0 Å². The van der Waals surface area contributed by atoms with Crippen LogP contribution in [0.5, 0.6) is 0 Å². The molecule has 2 nitrogen and oxygen atoms in total. The molecule has 0 bridgehead atoms. The van der Waals surface area contributed by atoms with Crippen LogP contribution in [0, 0.1) is 0 Å². The standard InChI is InChI=1S/C9H7BrN2/c10-8-3-1-2-7(6-8)9-4-5-11-12-9/h1-6,9H. The van der Waals surface area contributed by atoms with Gasteiger partial charge in [-0.05, 0) is 23.8 Å². The molecule has 0 aromatic heterocycles. The van der Waals surface area contributed by atoms with Crippen molar-refractivity contribution in [1.82, 2.24) is 0 Å². The molecule has 2 rings (SSSR count). The summed E-state index contributed by atoms with van der Waals surface area (Å²) in [7, 11) is 0. The van der Waals surface area contributed by atoms with Crippen molar-refractivity contribution >= 4 is 15.9 Å². The summed E-state index contributed by atoms with van der Waals surface area (Å²) in [6.07, 6.45) is 3.70. The van der Waals surface area contributed by atoms with Crippen molar-refractivity contribution < 1.29 is 0 Å². The Labute approximate surface area is 79.1 Å². The van der Waals surface area contributed by atoms with Gasteiger partial charge >= 0.3 is 0 Å². The molecule has 0 spiro atoms. The van der Waals surface area contributed by atoms with Crippen LogP contribution in [0.15, 0.2) is 51.2 Å². The molecule has 0 amide bonds. The molecule has 1 aliphatic rings. The van der Waals surface area contributed by atoms with Crippen molar-refractivity contribution in [3.63, 3.8) is 0 Å². The minimum Gasteiger partial charge on any atom is -0.177 e. The summed E-state index contributed by atoms with van der Waals surface area (Å²) >= 11 is 3.41. The van der Waals surface area contributed by atoms with Crippen LogP contribution in [0.4, 0.5) is 0 Å². The highest BCUT2D eigenvalue weighted by Crippen LogP contribution is 2.25. The molecule has 0 saturated carbocycles. The Morgan fingerprint density at radius 2 is 2.25 bits per heavy atom. The summed E-state index contributed by atoms with van der Waals surface area (Å²) < 4.78 is 1.08. The van der Waals surface area contributed by atoms with E-state index in [1.54, 1.807) is 6.20 Å². The lowest BCUT2D eigenvalue weighted by Crippen LogP contribution is -1.87. The van der Waals surface area contributed by atoms with E-state index in [1.165, 1.54) is 5.56 Å². The zero-order valence-corrected chi connectivity index (χ0v) is 7.90. The van der Waals surface area contributed by atoms with Crippen molar-refractivity contribution in [3.8, 4) is 0 Å². The molecule has 0 fully saturated rings. The zero-order chi connectivity index (χ0) is 8.39. The molecule has 60 valence electrons. The minimum atomic E-state index is 0.113. The Hall–Kier alpha value is -0.960. The Morgan fingerprint density at radius 3 is 2.92 bits per heavy atom. The van der Waals surface area contributed by atoms with Gasteiger partial charge in [0.05, 0.1) is 0 Å². The summed E-state index contributed by atoms with van der Waals surface area (Å²) in [5.74, 6) is 0. The number of azo groups is 1. The van der Waals surface area contributed by atoms with E-state index in [2.05, 4.69) is 32.2 Å². The normalized spacial score (nSPS) is 20.2. The lowest BCUT2D eigenvalue weighted by atomic mass is 10.1. The van der Waals surface area contributed by atoms with Gasteiger partial charge in [0, 0.05) is 10.7 Å². The van der Waals surface area contributed by atoms with Crippen LogP contribution in [0.2, 0.25) is 0 Å². The third-order valence-electron chi connectivity index (χ3n) is 1.72. The topological polar surface area (TPSA) is 24.7 Å². The average Bonchev–Trinajstić information content (AvgIpc) is 2.56. The van der Waals surface area contributed by atoms with E-state index in [-0.39, 0.29) is 6.04 Å². The predicted octanol–water partition coefficient (Wildman–Crippen LogP) is 3.47. The fourth-order valence-corrected chi connectivity index (χ4v) is 1.55. The summed E-state index contributed by atoms with van der Waals surface area (Å²) in [4.78, 5) is 0. The second-order valence-corrected chi connectivity index (χ2v) is 3.49. The molecule has 1 aromatic rings. The maximum absolute atomic E-state index is 4.04. The molecule has 1 unspecified atom stereocenters. The quantitative estimate of drug-likeness (QED) is 0.696. The van der Waals surface area contributed by atoms with Gasteiger partial charge in [-0.3, -0.25) is 0 Å². The highest BCUT2D eigenvalue weighted by atomic mass is 79.9. The first-order chi connectivity index (χ1) is 5.86. The van der Waals surface area contributed by atoms with Gasteiger partial charge in [0.1, 0.15) is 6.04 Å². The van der Waals surface area contributed by atoms with Crippen molar-refractivity contribution in [2.45, 2.75) is 6.04 Å². The maximum atomic E-state index is 4.04. The molecule has 1 atom stereocenters. The number of benzene rings is 1. The first-order valence-electron chi connectivity index (χ1n) is 3.68. The van der Waals surface area contributed by atoms with E-state index >= 15 is 0 Å². The van der Waals surface area contributed by atoms with Gasteiger partial charge in [-0.15, -0.1) is 0 Å². The minimum absolute atomic E-state index is 0.113. The lowest BCUT2D eigenvalue weighted by Gasteiger charge is -2.02. The largest absolute Gasteiger partial charge is 0.177 e. The third kappa shape index (κ3) is 1.46. The van der Waals surface area contributed by atoms with E-state index in [0.29, 0.717) is 0 Å². The first kappa shape index (κ1) is 7.68. The predicted molar refractivity (Wildman–Crippen MR) is 50.9 cm³/mol. The fourth-order valence-electron chi connectivity index (χ4n) is 1.14. The molecule has 1 heterocycles. The van der Waals surface area contributed by atoms with Crippen molar-refractivity contribution in [2.75, 3.05) is 0 Å². The summed E-state index contributed by atoms with van der Waals surface area (Å²) in [6.45, 7) is 0. The second-order valence-electron chi connectivity index (χ2n) is 2.57. The van der Waals surface area contributed by atoms with Gasteiger partial charge in [0.2, 0.25) is 0 Å². The first-order valence-corrected chi connectivity index (χ1v) is 4.48. The number of nitrogens with zero attached hydrogens (tertiary/aromatic N) is 2. The molecule has 12 heavy (non-hydrogen) atoms. The Morgan fingerprint density at radius 1 is 1.33 bits per heavy atom. The number of hydrogen-bond acceptors (Lipinski definition) is 2. The molecule has 3 heteroatoms. The number of rotatable bonds is 1. The molecule has 0 radical (unpaired) electrons. The van der Waals surface area contributed by atoms with E-state index in [1.807, 2.05) is 24.3 Å². The van der Waals surface area contributed by atoms with Crippen LogP contribution in [0.25, 0.3) is 0 Å². The van der Waals surface area contributed by atoms with Crippen molar-refractivity contribution in [1.29, 1.82) is 0 Å². The average molecular weight is 223 g/mol. The van der Waals surface area contributed by atoms with Gasteiger partial charge in [-0.1, -0.05) is 28.1 Å². The summed E-state index contributed by atoms with van der Waals surface area (Å²) in [5.41, 5.74) is 1.17. The summed E-state index contributed by atoms with van der Waals surface area (Å²) in [6, 6.07) is 8.21. The monoisotopic (exact) mass is 222 g/mol. The Kier molecular flexibility index (Phi) is 2.04. The Balaban J connectivity index is 2.34. The van der Waals surface area contributed by atoms with E-state index in [9.17, 15) is 0 Å². The summed E-state index contributed by atoms with van der Waals surface area (Å²) in [5, 5.41) is 7.84. The number of halogens is 1. The molecular weight excluding hydrogens is 216 g/mol. The molecule has 1 aliphatic heterocycles. The molecule has 0 saturated heterocycles. The molecule has 1 aromatic carbocycles. The van der Waals surface area contributed by atoms with Crippen molar-refractivity contribution in [3.05, 3.63) is 46.6 Å². The van der Waals surface area contributed by atoms with Crippen LogP contribution in [0.1, 0.15) is 11.6 Å². The highest BCUT2D eigenvalue weighted by Gasteiger charge is 2.08. The van der Waals surface area contributed by atoms with Crippen molar-refractivity contribution in [2.24, 2.45) is 10.2 Å². The van der Waals surface area contributed by atoms with Gasteiger partial charge in [0.25, 0.3) is 0 Å². The second kappa shape index (κ2) is 3.19. The molecular formula is C9H7BrN2. The van der Waals surface area contributed by atoms with Gasteiger partial charge < -0.3 is 0 Å². The molecule has 0 aliphatic carbocycles. The Bertz CT molecular complexity index is 332. The van der Waals surface area contributed by atoms with E-state index in [0.717, 1.165) is 4.47 Å².